The fourth-order valence-corrected chi connectivity index (χ4v) is 2.26. The van der Waals surface area contributed by atoms with Crippen LogP contribution in [0.25, 0.3) is 0 Å². The van der Waals surface area contributed by atoms with Gasteiger partial charge in [0, 0.05) is 5.92 Å². The minimum absolute atomic E-state index is 0.539. The van der Waals surface area contributed by atoms with E-state index in [1.807, 2.05) is 6.92 Å². The number of anilines is 1. The molecular formula is C11H17N3. The lowest BCUT2D eigenvalue weighted by molar-refractivity contribution is 0.591. The topological polar surface area (TPSA) is 51.8 Å². The summed E-state index contributed by atoms with van der Waals surface area (Å²) in [6, 6.07) is 0. The Morgan fingerprint density at radius 3 is 2.86 bits per heavy atom. The van der Waals surface area contributed by atoms with Crippen LogP contribution in [0.1, 0.15) is 43.5 Å². The predicted molar refractivity (Wildman–Crippen MR) is 56.9 cm³/mol. The standard InChI is InChI=1S/C11H17N3/c1-7-3-4-9(5-7)10-11(12)13-6-8(2)14-10/h6-7,9H,3-5H2,1-2H3,(H2,12,13). The van der Waals surface area contributed by atoms with Gasteiger partial charge in [0.25, 0.3) is 0 Å². The van der Waals surface area contributed by atoms with E-state index in [1.54, 1.807) is 6.20 Å². The number of nitrogen functional groups attached to an aromatic ring is 1. The van der Waals surface area contributed by atoms with Crippen molar-refractivity contribution in [2.24, 2.45) is 5.92 Å². The zero-order valence-corrected chi connectivity index (χ0v) is 8.83. The molecule has 1 aliphatic rings. The Labute approximate surface area is 84.8 Å². The highest BCUT2D eigenvalue weighted by Gasteiger charge is 2.25. The largest absolute Gasteiger partial charge is 0.382 e. The second-order valence-electron chi connectivity index (χ2n) is 4.40. The lowest BCUT2D eigenvalue weighted by Crippen LogP contribution is -2.06. The zero-order valence-electron chi connectivity index (χ0n) is 8.83. The van der Waals surface area contributed by atoms with Crippen LogP contribution >= 0.6 is 0 Å². The molecule has 0 aliphatic heterocycles. The Kier molecular flexibility index (Phi) is 2.40. The number of nitrogens with zero attached hydrogens (tertiary/aromatic N) is 2. The molecule has 1 aromatic heterocycles. The van der Waals surface area contributed by atoms with Crippen molar-refractivity contribution in [3.8, 4) is 0 Å². The SMILES string of the molecule is Cc1cnc(N)c(C2CCC(C)C2)n1. The molecule has 0 saturated heterocycles. The Morgan fingerprint density at radius 2 is 2.21 bits per heavy atom. The van der Waals surface area contributed by atoms with Crippen molar-refractivity contribution in [2.75, 3.05) is 5.73 Å². The van der Waals surface area contributed by atoms with Gasteiger partial charge < -0.3 is 5.73 Å². The lowest BCUT2D eigenvalue weighted by atomic mass is 10.0. The maximum absolute atomic E-state index is 5.84. The van der Waals surface area contributed by atoms with Crippen LogP contribution in [0, 0.1) is 12.8 Å². The number of aryl methyl sites for hydroxylation is 1. The van der Waals surface area contributed by atoms with Gasteiger partial charge >= 0.3 is 0 Å². The summed E-state index contributed by atoms with van der Waals surface area (Å²) in [6.07, 6.45) is 5.45. The Bertz CT molecular complexity index is 335. The highest BCUT2D eigenvalue weighted by atomic mass is 14.9. The van der Waals surface area contributed by atoms with Gasteiger partial charge in [-0.3, -0.25) is 4.98 Å². The van der Waals surface area contributed by atoms with Gasteiger partial charge in [0.1, 0.15) is 5.82 Å². The molecular weight excluding hydrogens is 174 g/mol. The van der Waals surface area contributed by atoms with E-state index in [0.29, 0.717) is 11.7 Å². The Balaban J connectivity index is 2.27. The van der Waals surface area contributed by atoms with Crippen LogP contribution in [0.4, 0.5) is 5.82 Å². The number of hydrogen-bond donors (Lipinski definition) is 1. The first-order valence-electron chi connectivity index (χ1n) is 5.26. The first-order valence-corrected chi connectivity index (χ1v) is 5.26. The highest BCUT2D eigenvalue weighted by molar-refractivity contribution is 5.37. The fourth-order valence-electron chi connectivity index (χ4n) is 2.26. The molecule has 0 radical (unpaired) electrons. The zero-order chi connectivity index (χ0) is 10.1. The summed E-state index contributed by atoms with van der Waals surface area (Å²) < 4.78 is 0. The minimum atomic E-state index is 0.539. The van der Waals surface area contributed by atoms with Crippen LogP contribution in [-0.4, -0.2) is 9.97 Å². The molecule has 3 nitrogen and oxygen atoms in total. The van der Waals surface area contributed by atoms with Crippen molar-refractivity contribution in [1.29, 1.82) is 0 Å². The van der Waals surface area contributed by atoms with E-state index < -0.39 is 0 Å². The van der Waals surface area contributed by atoms with Crippen LogP contribution in [0.5, 0.6) is 0 Å². The summed E-state index contributed by atoms with van der Waals surface area (Å²) in [5.41, 5.74) is 7.83. The number of nitrogens with two attached hydrogens (primary N) is 1. The molecule has 2 N–H and O–H groups in total. The quantitative estimate of drug-likeness (QED) is 0.740. The molecule has 0 amide bonds. The van der Waals surface area contributed by atoms with Crippen LogP contribution in [-0.2, 0) is 0 Å². The summed E-state index contributed by atoms with van der Waals surface area (Å²) in [4.78, 5) is 8.67. The third-order valence-corrected chi connectivity index (χ3v) is 3.03. The van der Waals surface area contributed by atoms with Gasteiger partial charge in [0.2, 0.25) is 0 Å². The molecule has 14 heavy (non-hydrogen) atoms. The minimum Gasteiger partial charge on any atom is -0.382 e. The number of aromatic nitrogens is 2. The molecule has 1 aliphatic carbocycles. The van der Waals surface area contributed by atoms with Crippen molar-refractivity contribution in [1.82, 2.24) is 9.97 Å². The lowest BCUT2D eigenvalue weighted by Gasteiger charge is -2.11. The van der Waals surface area contributed by atoms with E-state index in [4.69, 9.17) is 5.73 Å². The normalized spacial score (nSPS) is 26.7. The van der Waals surface area contributed by atoms with Crippen LogP contribution in [0.15, 0.2) is 6.20 Å². The molecule has 1 saturated carbocycles. The highest BCUT2D eigenvalue weighted by Crippen LogP contribution is 2.38. The third kappa shape index (κ3) is 1.72. The van der Waals surface area contributed by atoms with Gasteiger partial charge in [0.15, 0.2) is 0 Å². The van der Waals surface area contributed by atoms with E-state index in [9.17, 15) is 0 Å². The Hall–Kier alpha value is -1.12. The van der Waals surface area contributed by atoms with Crippen LogP contribution in [0.3, 0.4) is 0 Å². The van der Waals surface area contributed by atoms with E-state index >= 15 is 0 Å². The predicted octanol–water partition coefficient (Wildman–Crippen LogP) is 2.27. The smallest absolute Gasteiger partial charge is 0.145 e. The molecule has 0 spiro atoms. The molecule has 0 bridgehead atoms. The van der Waals surface area contributed by atoms with Crippen LogP contribution < -0.4 is 5.73 Å². The summed E-state index contributed by atoms with van der Waals surface area (Å²) in [7, 11) is 0. The molecule has 2 atom stereocenters. The van der Waals surface area contributed by atoms with Crippen LogP contribution in [0.2, 0.25) is 0 Å². The molecule has 1 heterocycles. The van der Waals surface area contributed by atoms with E-state index in [2.05, 4.69) is 16.9 Å². The van der Waals surface area contributed by atoms with Gasteiger partial charge in [0.05, 0.1) is 17.6 Å². The second kappa shape index (κ2) is 3.56. The van der Waals surface area contributed by atoms with Gasteiger partial charge in [-0.2, -0.15) is 0 Å². The monoisotopic (exact) mass is 191 g/mol. The van der Waals surface area contributed by atoms with Crippen molar-refractivity contribution in [3.05, 3.63) is 17.6 Å². The molecule has 1 aromatic rings. The van der Waals surface area contributed by atoms with Crippen molar-refractivity contribution in [2.45, 2.75) is 39.0 Å². The molecule has 3 heteroatoms. The van der Waals surface area contributed by atoms with E-state index in [1.165, 1.54) is 19.3 Å². The van der Waals surface area contributed by atoms with Crippen molar-refractivity contribution < 1.29 is 0 Å². The van der Waals surface area contributed by atoms with Gasteiger partial charge in [-0.1, -0.05) is 13.3 Å². The summed E-state index contributed by atoms with van der Waals surface area (Å²) >= 11 is 0. The molecule has 0 aromatic carbocycles. The van der Waals surface area contributed by atoms with Gasteiger partial charge in [-0.05, 0) is 25.7 Å². The molecule has 2 unspecified atom stereocenters. The number of hydrogen-bond acceptors (Lipinski definition) is 3. The average Bonchev–Trinajstić information content (AvgIpc) is 2.56. The molecule has 76 valence electrons. The van der Waals surface area contributed by atoms with Gasteiger partial charge in [-0.15, -0.1) is 0 Å². The first-order chi connectivity index (χ1) is 6.66. The average molecular weight is 191 g/mol. The second-order valence-corrected chi connectivity index (χ2v) is 4.40. The third-order valence-electron chi connectivity index (χ3n) is 3.03. The van der Waals surface area contributed by atoms with Gasteiger partial charge in [-0.25, -0.2) is 4.98 Å². The van der Waals surface area contributed by atoms with Crippen molar-refractivity contribution >= 4 is 5.82 Å². The van der Waals surface area contributed by atoms with E-state index in [-0.39, 0.29) is 0 Å². The summed E-state index contributed by atoms with van der Waals surface area (Å²) in [5.74, 6) is 1.97. The summed E-state index contributed by atoms with van der Waals surface area (Å²) in [5, 5.41) is 0. The Morgan fingerprint density at radius 1 is 1.43 bits per heavy atom. The fraction of sp³-hybridized carbons (Fsp3) is 0.636. The molecule has 1 fully saturated rings. The maximum Gasteiger partial charge on any atom is 0.145 e. The summed E-state index contributed by atoms with van der Waals surface area (Å²) in [6.45, 7) is 4.26. The van der Waals surface area contributed by atoms with E-state index in [0.717, 1.165) is 17.3 Å². The maximum atomic E-state index is 5.84. The molecule has 2 rings (SSSR count). The van der Waals surface area contributed by atoms with Crippen molar-refractivity contribution in [3.63, 3.8) is 0 Å². The first kappa shape index (κ1) is 9.44. The number of rotatable bonds is 1.